The molecule has 0 aliphatic rings. The molecule has 0 aromatic rings. The van der Waals surface area contributed by atoms with Gasteiger partial charge in [0.05, 0.1) is 43.6 Å². The highest BCUT2D eigenvalue weighted by Crippen LogP contribution is 2.37. The van der Waals surface area contributed by atoms with E-state index >= 15 is 0 Å². The van der Waals surface area contributed by atoms with Crippen molar-refractivity contribution in [1.82, 2.24) is 16.0 Å². The largest absolute Gasteiger partial charge is 0.748 e. The van der Waals surface area contributed by atoms with E-state index in [1.165, 1.54) is 20.8 Å². The predicted octanol–water partition coefficient (Wildman–Crippen LogP) is 0.369. The second-order valence-corrected chi connectivity index (χ2v) is 15.0. The minimum absolute atomic E-state index is 0.0992. The number of carboxylic acids is 1. The Labute approximate surface area is 246 Å². The highest BCUT2D eigenvalue weighted by molar-refractivity contribution is 7.85. The van der Waals surface area contributed by atoms with Gasteiger partial charge in [-0.05, 0) is 53.4 Å². The molecule has 0 fully saturated rings. The van der Waals surface area contributed by atoms with Crippen molar-refractivity contribution in [2.75, 3.05) is 40.0 Å². The molecule has 13 heteroatoms. The van der Waals surface area contributed by atoms with Crippen molar-refractivity contribution in [3.63, 3.8) is 0 Å². The third-order valence-corrected chi connectivity index (χ3v) is 8.02. The minimum Gasteiger partial charge on any atom is -0.748 e. The fraction of sp³-hybridized carbons (Fsp3) is 0.857. The van der Waals surface area contributed by atoms with Crippen molar-refractivity contribution < 1.29 is 41.7 Å². The zero-order chi connectivity index (χ0) is 32.4. The molecule has 0 aromatic carbocycles. The van der Waals surface area contributed by atoms with Gasteiger partial charge >= 0.3 is 0 Å². The summed E-state index contributed by atoms with van der Waals surface area (Å²) in [7, 11) is 1.49. The van der Waals surface area contributed by atoms with Crippen LogP contribution >= 0.6 is 0 Å². The maximum absolute atomic E-state index is 13.6. The van der Waals surface area contributed by atoms with Crippen molar-refractivity contribution >= 4 is 33.8 Å². The van der Waals surface area contributed by atoms with E-state index in [9.17, 15) is 37.3 Å². The molecule has 0 aliphatic carbocycles. The molecular formula is C28H53N4O8S-. The number of nitrogens with one attached hydrogen (secondary N) is 3. The fourth-order valence-electron chi connectivity index (χ4n) is 4.88. The molecular weight excluding hydrogens is 552 g/mol. The second-order valence-electron chi connectivity index (χ2n) is 13.6. The van der Waals surface area contributed by atoms with Crippen LogP contribution in [0.25, 0.3) is 0 Å². The van der Waals surface area contributed by atoms with Gasteiger partial charge in [0, 0.05) is 53.7 Å². The summed E-state index contributed by atoms with van der Waals surface area (Å²) in [5, 5.41) is 20.5. The standard InChI is InChI=1S/C28H54N4O8S/c1-11-21(24(34)30-19(2)3)16-28(7,26(37)29-13-12-14-32(8,9)10)17-22(25(35)36)15-20(4)23(33)31-27(5,6)18-41(38,39)40/h19-22H,11-18H2,1-10H3,(H4-,29,30,31,33,34,35,36,37,38,39,40)/p-1. The van der Waals surface area contributed by atoms with Gasteiger partial charge in [0.15, 0.2) is 0 Å². The number of amides is 3. The first kappa shape index (κ1) is 38.8. The number of rotatable bonds is 19. The van der Waals surface area contributed by atoms with E-state index in [4.69, 9.17) is 0 Å². The average molecular weight is 606 g/mol. The Balaban J connectivity index is 5.96. The maximum atomic E-state index is 13.6. The molecule has 41 heavy (non-hydrogen) atoms. The lowest BCUT2D eigenvalue weighted by molar-refractivity contribution is -0.870. The zero-order valence-electron chi connectivity index (χ0n) is 26.6. The number of carboxylic acid groups (broad SMARTS) is 1. The van der Waals surface area contributed by atoms with Gasteiger partial charge in [0.2, 0.25) is 17.7 Å². The van der Waals surface area contributed by atoms with E-state index in [0.717, 1.165) is 6.54 Å². The second kappa shape index (κ2) is 15.8. The first-order chi connectivity index (χ1) is 18.4. The third kappa shape index (κ3) is 16.1. The molecule has 0 aromatic heterocycles. The van der Waals surface area contributed by atoms with Crippen LogP contribution in [0.2, 0.25) is 0 Å². The van der Waals surface area contributed by atoms with Crippen LogP contribution in [0.3, 0.4) is 0 Å². The van der Waals surface area contributed by atoms with Crippen LogP contribution in [0.5, 0.6) is 0 Å². The first-order valence-electron chi connectivity index (χ1n) is 14.3. The molecule has 3 N–H and O–H groups in total. The molecule has 4 unspecified atom stereocenters. The van der Waals surface area contributed by atoms with E-state index in [-0.39, 0.29) is 37.1 Å². The smallest absolute Gasteiger partial charge is 0.225 e. The molecule has 0 spiro atoms. The molecule has 0 radical (unpaired) electrons. The summed E-state index contributed by atoms with van der Waals surface area (Å²) < 4.78 is 34.3. The molecule has 0 saturated carbocycles. The highest BCUT2D eigenvalue weighted by Gasteiger charge is 2.40. The van der Waals surface area contributed by atoms with Gasteiger partial charge in [-0.15, -0.1) is 0 Å². The van der Waals surface area contributed by atoms with Gasteiger partial charge in [0.1, 0.15) is 0 Å². The molecule has 240 valence electrons. The SMILES string of the molecule is CCC(CC(C)(CC(CC(C)C(=O)NC(C)(C)CS(=O)(=O)[O-])C(=O)[O-])C(=O)NCCC[N+](C)(C)C)C(=O)NC(C)C. The van der Waals surface area contributed by atoms with Gasteiger partial charge in [-0.1, -0.05) is 20.8 Å². The Bertz CT molecular complexity index is 1010. The van der Waals surface area contributed by atoms with E-state index < -0.39 is 56.5 Å². The number of hydrogen-bond donors (Lipinski definition) is 3. The van der Waals surface area contributed by atoms with Gasteiger partial charge in [-0.25, -0.2) is 8.42 Å². The normalized spacial score (nSPS) is 16.3. The van der Waals surface area contributed by atoms with E-state index in [2.05, 4.69) is 16.0 Å². The monoisotopic (exact) mass is 605 g/mol. The highest BCUT2D eigenvalue weighted by atomic mass is 32.2. The van der Waals surface area contributed by atoms with Crippen LogP contribution < -0.4 is 21.1 Å². The Morgan fingerprint density at radius 3 is 1.90 bits per heavy atom. The van der Waals surface area contributed by atoms with Gasteiger partial charge in [-0.2, -0.15) is 0 Å². The molecule has 0 saturated heterocycles. The van der Waals surface area contributed by atoms with Gasteiger partial charge < -0.3 is 34.9 Å². The van der Waals surface area contributed by atoms with E-state index in [1.807, 2.05) is 41.9 Å². The summed E-state index contributed by atoms with van der Waals surface area (Å²) in [6, 6.07) is -0.108. The zero-order valence-corrected chi connectivity index (χ0v) is 27.4. The van der Waals surface area contributed by atoms with E-state index in [0.29, 0.717) is 23.9 Å². The average Bonchev–Trinajstić information content (AvgIpc) is 2.76. The Morgan fingerprint density at radius 1 is 0.927 bits per heavy atom. The van der Waals surface area contributed by atoms with Crippen LogP contribution in [0.1, 0.15) is 80.6 Å². The van der Waals surface area contributed by atoms with Crippen molar-refractivity contribution in [3.8, 4) is 0 Å². The Hall–Kier alpha value is -2.25. The van der Waals surface area contributed by atoms with E-state index in [1.54, 1.807) is 6.92 Å². The molecule has 0 rings (SSSR count). The molecule has 0 bridgehead atoms. The lowest BCUT2D eigenvalue weighted by Gasteiger charge is -2.36. The van der Waals surface area contributed by atoms with Crippen molar-refractivity contribution in [2.24, 2.45) is 23.2 Å². The molecule has 0 aliphatic heterocycles. The number of carbonyl (C=O) groups is 4. The lowest BCUT2D eigenvalue weighted by Crippen LogP contribution is -2.51. The van der Waals surface area contributed by atoms with Crippen LogP contribution in [-0.4, -0.2) is 92.7 Å². The molecule has 12 nitrogen and oxygen atoms in total. The number of carbonyl (C=O) groups excluding carboxylic acids is 4. The molecule has 4 atom stereocenters. The number of quaternary nitrogens is 1. The van der Waals surface area contributed by atoms with Gasteiger partial charge in [0.25, 0.3) is 0 Å². The maximum Gasteiger partial charge on any atom is 0.225 e. The van der Waals surface area contributed by atoms with Crippen LogP contribution in [-0.2, 0) is 29.3 Å². The van der Waals surface area contributed by atoms with Crippen molar-refractivity contribution in [3.05, 3.63) is 0 Å². The summed E-state index contributed by atoms with van der Waals surface area (Å²) in [5.41, 5.74) is -2.62. The first-order valence-corrected chi connectivity index (χ1v) is 15.8. The minimum atomic E-state index is -4.62. The molecule has 3 amide bonds. The van der Waals surface area contributed by atoms with Crippen molar-refractivity contribution in [1.29, 1.82) is 0 Å². The van der Waals surface area contributed by atoms with Crippen LogP contribution in [0, 0.1) is 23.2 Å². The third-order valence-electron chi connectivity index (χ3n) is 6.95. The predicted molar refractivity (Wildman–Crippen MR) is 154 cm³/mol. The Morgan fingerprint density at radius 2 is 1.46 bits per heavy atom. The quantitative estimate of drug-likeness (QED) is 0.107. The lowest BCUT2D eigenvalue weighted by atomic mass is 9.71. The number of hydrogen-bond acceptors (Lipinski definition) is 8. The summed E-state index contributed by atoms with van der Waals surface area (Å²) in [6.45, 7) is 12.6. The van der Waals surface area contributed by atoms with Crippen molar-refractivity contribution in [2.45, 2.75) is 92.2 Å². The summed E-state index contributed by atoms with van der Waals surface area (Å²) in [4.78, 5) is 51.5. The van der Waals surface area contributed by atoms with Gasteiger partial charge in [-0.3, -0.25) is 14.4 Å². The number of nitrogens with zero attached hydrogens (tertiary/aromatic N) is 1. The summed E-state index contributed by atoms with van der Waals surface area (Å²) in [6.07, 6.45) is 0.884. The Kier molecular flexibility index (Phi) is 15.0. The fourth-order valence-corrected chi connectivity index (χ4v) is 5.84. The topological polar surface area (TPSA) is 185 Å². The van der Waals surface area contributed by atoms with Crippen LogP contribution in [0.4, 0.5) is 0 Å². The number of aliphatic carboxylic acids is 1. The molecule has 0 heterocycles. The summed E-state index contributed by atoms with van der Waals surface area (Å²) in [5.74, 6) is -6.14. The van der Waals surface area contributed by atoms with Crippen LogP contribution in [0.15, 0.2) is 0 Å². The summed E-state index contributed by atoms with van der Waals surface area (Å²) >= 11 is 0.